The Morgan fingerprint density at radius 3 is 2.71 bits per heavy atom. The lowest BCUT2D eigenvalue weighted by Gasteiger charge is -1.97. The van der Waals surface area contributed by atoms with Crippen molar-refractivity contribution < 1.29 is 14.6 Å². The summed E-state index contributed by atoms with van der Waals surface area (Å²) in [4.78, 5) is 3.93. The molecular formula is C10H9NO3. The van der Waals surface area contributed by atoms with Gasteiger partial charge in [0.25, 0.3) is 0 Å². The van der Waals surface area contributed by atoms with Crippen molar-refractivity contribution in [3.63, 3.8) is 0 Å². The predicted octanol–water partition coefficient (Wildman–Crippen LogP) is 1.54. The van der Waals surface area contributed by atoms with Crippen LogP contribution in [0.3, 0.4) is 0 Å². The third kappa shape index (κ3) is 1.47. The van der Waals surface area contributed by atoms with Gasteiger partial charge in [0.2, 0.25) is 5.89 Å². The average Bonchev–Trinajstić information content (AvgIpc) is 2.67. The Hall–Kier alpha value is -1.81. The monoisotopic (exact) mass is 191 g/mol. The highest BCUT2D eigenvalue weighted by Crippen LogP contribution is 2.27. The van der Waals surface area contributed by atoms with E-state index in [0.29, 0.717) is 17.2 Å². The molecule has 0 bridgehead atoms. The van der Waals surface area contributed by atoms with Crippen molar-refractivity contribution >= 4 is 0 Å². The molecule has 1 aromatic carbocycles. The standard InChI is InChI=1S/C10H9NO3/c12-6-7-5-11-10(14-7)8-3-1-2-4-9(8)13/h1-5,12-13H,6H2. The normalized spacial score (nSPS) is 10.4. The third-order valence-corrected chi connectivity index (χ3v) is 1.84. The van der Waals surface area contributed by atoms with Crippen LogP contribution in [-0.2, 0) is 6.61 Å². The van der Waals surface area contributed by atoms with E-state index in [-0.39, 0.29) is 12.4 Å². The lowest BCUT2D eigenvalue weighted by Crippen LogP contribution is -1.77. The first-order valence-electron chi connectivity index (χ1n) is 4.15. The van der Waals surface area contributed by atoms with Crippen LogP contribution in [0.2, 0.25) is 0 Å². The van der Waals surface area contributed by atoms with Gasteiger partial charge in [0.15, 0.2) is 0 Å². The van der Waals surface area contributed by atoms with Crippen LogP contribution in [0.25, 0.3) is 11.5 Å². The number of para-hydroxylation sites is 1. The van der Waals surface area contributed by atoms with Gasteiger partial charge in [0.1, 0.15) is 18.1 Å². The first-order valence-corrected chi connectivity index (χ1v) is 4.15. The number of hydrogen-bond donors (Lipinski definition) is 2. The summed E-state index contributed by atoms with van der Waals surface area (Å²) in [6.45, 7) is -0.194. The SMILES string of the molecule is OCc1cnc(-c2ccccc2O)o1. The van der Waals surface area contributed by atoms with Crippen LogP contribution >= 0.6 is 0 Å². The zero-order valence-corrected chi connectivity index (χ0v) is 7.34. The molecule has 4 heteroatoms. The molecule has 0 radical (unpaired) electrons. The molecule has 0 aliphatic carbocycles. The van der Waals surface area contributed by atoms with Gasteiger partial charge in [-0.05, 0) is 12.1 Å². The highest BCUT2D eigenvalue weighted by atomic mass is 16.4. The van der Waals surface area contributed by atoms with E-state index < -0.39 is 0 Å². The van der Waals surface area contributed by atoms with Crippen LogP contribution in [-0.4, -0.2) is 15.2 Å². The number of rotatable bonds is 2. The van der Waals surface area contributed by atoms with Crippen molar-refractivity contribution in [2.75, 3.05) is 0 Å². The third-order valence-electron chi connectivity index (χ3n) is 1.84. The van der Waals surface area contributed by atoms with Gasteiger partial charge < -0.3 is 14.6 Å². The summed E-state index contributed by atoms with van der Waals surface area (Å²) in [6.07, 6.45) is 1.43. The summed E-state index contributed by atoms with van der Waals surface area (Å²) in [5.74, 6) is 0.800. The van der Waals surface area contributed by atoms with E-state index in [4.69, 9.17) is 9.52 Å². The van der Waals surface area contributed by atoms with Crippen LogP contribution in [0.5, 0.6) is 5.75 Å². The minimum absolute atomic E-state index is 0.110. The number of aliphatic hydroxyl groups is 1. The second-order valence-corrected chi connectivity index (χ2v) is 2.81. The van der Waals surface area contributed by atoms with Crippen molar-refractivity contribution in [2.45, 2.75) is 6.61 Å². The Morgan fingerprint density at radius 1 is 1.29 bits per heavy atom. The second kappa shape index (κ2) is 3.51. The van der Waals surface area contributed by atoms with Crippen molar-refractivity contribution in [3.8, 4) is 17.2 Å². The summed E-state index contributed by atoms with van der Waals surface area (Å²) in [6, 6.07) is 6.74. The maximum atomic E-state index is 9.48. The largest absolute Gasteiger partial charge is 0.507 e. The number of phenolic OH excluding ortho intramolecular Hbond substituents is 1. The van der Waals surface area contributed by atoms with Gasteiger partial charge in [0, 0.05) is 0 Å². The number of nitrogens with zero attached hydrogens (tertiary/aromatic N) is 1. The molecule has 0 aliphatic rings. The van der Waals surface area contributed by atoms with Crippen molar-refractivity contribution in [1.82, 2.24) is 4.98 Å². The minimum Gasteiger partial charge on any atom is -0.507 e. The summed E-state index contributed by atoms with van der Waals surface area (Å²) in [7, 11) is 0. The van der Waals surface area contributed by atoms with Crippen molar-refractivity contribution in [2.24, 2.45) is 0 Å². The topological polar surface area (TPSA) is 66.5 Å². The van der Waals surface area contributed by atoms with E-state index in [0.717, 1.165) is 0 Å². The molecule has 0 spiro atoms. The minimum atomic E-state index is -0.194. The molecule has 14 heavy (non-hydrogen) atoms. The van der Waals surface area contributed by atoms with Crippen molar-refractivity contribution in [3.05, 3.63) is 36.2 Å². The molecule has 4 nitrogen and oxygen atoms in total. The van der Waals surface area contributed by atoms with Gasteiger partial charge in [-0.3, -0.25) is 0 Å². The molecule has 0 fully saturated rings. The molecule has 1 heterocycles. The molecule has 1 aromatic heterocycles. The van der Waals surface area contributed by atoms with E-state index >= 15 is 0 Å². The number of aromatic hydroxyl groups is 1. The van der Waals surface area contributed by atoms with Crippen LogP contribution in [0.1, 0.15) is 5.76 Å². The number of benzene rings is 1. The molecular weight excluding hydrogens is 182 g/mol. The number of aliphatic hydroxyl groups excluding tert-OH is 1. The summed E-state index contributed by atoms with van der Waals surface area (Å²) < 4.78 is 5.18. The molecule has 2 N–H and O–H groups in total. The second-order valence-electron chi connectivity index (χ2n) is 2.81. The smallest absolute Gasteiger partial charge is 0.230 e. The fourth-order valence-corrected chi connectivity index (χ4v) is 1.16. The first-order chi connectivity index (χ1) is 6.81. The molecule has 0 aliphatic heterocycles. The quantitative estimate of drug-likeness (QED) is 0.755. The zero-order chi connectivity index (χ0) is 9.97. The summed E-state index contributed by atoms with van der Waals surface area (Å²) in [5.41, 5.74) is 0.521. The Kier molecular flexibility index (Phi) is 2.20. The zero-order valence-electron chi connectivity index (χ0n) is 7.34. The van der Waals surface area contributed by atoms with Gasteiger partial charge in [-0.25, -0.2) is 4.98 Å². The van der Waals surface area contributed by atoms with Crippen LogP contribution in [0, 0.1) is 0 Å². The number of aromatic nitrogens is 1. The Balaban J connectivity index is 2.44. The van der Waals surface area contributed by atoms with E-state index in [9.17, 15) is 5.11 Å². The highest BCUT2D eigenvalue weighted by Gasteiger charge is 2.09. The Morgan fingerprint density at radius 2 is 2.07 bits per heavy atom. The highest BCUT2D eigenvalue weighted by molar-refractivity contribution is 5.61. The molecule has 0 saturated carbocycles. The first kappa shape index (κ1) is 8.77. The molecule has 0 atom stereocenters. The van der Waals surface area contributed by atoms with Crippen molar-refractivity contribution in [1.29, 1.82) is 0 Å². The van der Waals surface area contributed by atoms with Crippen LogP contribution in [0.4, 0.5) is 0 Å². The van der Waals surface area contributed by atoms with Crippen LogP contribution in [0.15, 0.2) is 34.9 Å². The van der Waals surface area contributed by atoms with E-state index in [1.165, 1.54) is 6.20 Å². The molecule has 0 amide bonds. The lowest BCUT2D eigenvalue weighted by molar-refractivity contribution is 0.248. The van der Waals surface area contributed by atoms with Gasteiger partial charge in [-0.2, -0.15) is 0 Å². The lowest BCUT2D eigenvalue weighted by atomic mass is 10.2. The number of hydrogen-bond acceptors (Lipinski definition) is 4. The molecule has 2 aromatic rings. The maximum absolute atomic E-state index is 9.48. The van der Waals surface area contributed by atoms with Crippen LogP contribution < -0.4 is 0 Å². The fourth-order valence-electron chi connectivity index (χ4n) is 1.16. The van der Waals surface area contributed by atoms with E-state index in [1.54, 1.807) is 24.3 Å². The Bertz CT molecular complexity index is 436. The van der Waals surface area contributed by atoms with Gasteiger partial charge >= 0.3 is 0 Å². The summed E-state index contributed by atoms with van der Waals surface area (Å²) in [5, 5.41) is 18.3. The summed E-state index contributed by atoms with van der Waals surface area (Å²) >= 11 is 0. The Labute approximate surface area is 80.5 Å². The van der Waals surface area contributed by atoms with E-state index in [1.807, 2.05) is 0 Å². The predicted molar refractivity (Wildman–Crippen MR) is 49.5 cm³/mol. The maximum Gasteiger partial charge on any atom is 0.230 e. The van der Waals surface area contributed by atoms with Gasteiger partial charge in [-0.15, -0.1) is 0 Å². The molecule has 72 valence electrons. The van der Waals surface area contributed by atoms with E-state index in [2.05, 4.69) is 4.98 Å². The van der Waals surface area contributed by atoms with Gasteiger partial charge in [-0.1, -0.05) is 12.1 Å². The van der Waals surface area contributed by atoms with Gasteiger partial charge in [0.05, 0.1) is 11.8 Å². The molecule has 0 saturated heterocycles. The number of oxazole rings is 1. The number of phenols is 1. The average molecular weight is 191 g/mol. The molecule has 2 rings (SSSR count). The fraction of sp³-hybridized carbons (Fsp3) is 0.100. The molecule has 0 unspecified atom stereocenters.